The van der Waals surface area contributed by atoms with E-state index in [9.17, 15) is 13.2 Å². The Bertz CT molecular complexity index is 950. The first-order valence-corrected chi connectivity index (χ1v) is 10.8. The highest BCUT2D eigenvalue weighted by Crippen LogP contribution is 2.31. The summed E-state index contributed by atoms with van der Waals surface area (Å²) in [5.74, 6) is 0. The van der Waals surface area contributed by atoms with Gasteiger partial charge in [0.1, 0.15) is 0 Å². The van der Waals surface area contributed by atoms with Crippen LogP contribution in [0, 0.1) is 34.6 Å². The Labute approximate surface area is 166 Å². The van der Waals surface area contributed by atoms with Crippen molar-refractivity contribution < 1.29 is 13.2 Å². The smallest absolute Gasteiger partial charge is 0.285 e. The molecule has 0 aliphatic rings. The summed E-state index contributed by atoms with van der Waals surface area (Å²) >= 11 is 1.09. The molecule has 7 heteroatoms. The molecule has 0 radical (unpaired) electrons. The van der Waals surface area contributed by atoms with Crippen LogP contribution in [0.3, 0.4) is 0 Å². The van der Waals surface area contributed by atoms with Crippen LogP contribution in [-0.4, -0.2) is 32.7 Å². The number of nitrogens with one attached hydrogen (secondary N) is 1. The summed E-state index contributed by atoms with van der Waals surface area (Å²) in [5, 5.41) is -0.0832. The van der Waals surface area contributed by atoms with Crippen LogP contribution >= 0.6 is 11.8 Å². The van der Waals surface area contributed by atoms with Crippen molar-refractivity contribution in [2.45, 2.75) is 44.4 Å². The van der Waals surface area contributed by atoms with E-state index in [4.69, 9.17) is 0 Å². The van der Waals surface area contributed by atoms with Gasteiger partial charge >= 0.3 is 0 Å². The molecule has 1 N–H and O–H groups in total. The van der Waals surface area contributed by atoms with Gasteiger partial charge in [-0.1, -0.05) is 0 Å². The van der Waals surface area contributed by atoms with Gasteiger partial charge in [0, 0.05) is 24.7 Å². The predicted molar refractivity (Wildman–Crippen MR) is 112 cm³/mol. The third-order valence-electron chi connectivity index (χ3n) is 4.88. The molecule has 0 aromatic heterocycles. The molecule has 0 aliphatic heterocycles. The Morgan fingerprint density at radius 2 is 1.30 bits per heavy atom. The highest BCUT2D eigenvalue weighted by molar-refractivity contribution is 8.13. The molecule has 0 atom stereocenters. The molecular formula is C20H26N2O3S2. The lowest BCUT2D eigenvalue weighted by Gasteiger charge is -2.19. The van der Waals surface area contributed by atoms with Gasteiger partial charge in [-0.3, -0.25) is 9.52 Å². The largest absolute Gasteiger partial charge is 0.339 e. The quantitative estimate of drug-likeness (QED) is 0.741. The summed E-state index contributed by atoms with van der Waals surface area (Å²) in [6.45, 7) is 9.60. The molecule has 146 valence electrons. The van der Waals surface area contributed by atoms with E-state index in [0.717, 1.165) is 44.5 Å². The number of anilines is 1. The second-order valence-electron chi connectivity index (χ2n) is 6.85. The summed E-state index contributed by atoms with van der Waals surface area (Å²) in [5.41, 5.74) is 5.11. The number of carbonyl (C=O) groups is 1. The highest BCUT2D eigenvalue weighted by Gasteiger charge is 2.23. The van der Waals surface area contributed by atoms with Crippen LogP contribution in [0.25, 0.3) is 0 Å². The molecule has 0 saturated carbocycles. The molecule has 27 heavy (non-hydrogen) atoms. The molecule has 0 saturated heterocycles. The Kier molecular flexibility index (Phi) is 6.27. The summed E-state index contributed by atoms with van der Waals surface area (Å²) in [4.78, 5) is 14.3. The fraction of sp³-hybridized carbons (Fsp3) is 0.350. The van der Waals surface area contributed by atoms with E-state index in [1.807, 2.05) is 34.6 Å². The van der Waals surface area contributed by atoms with E-state index in [-0.39, 0.29) is 5.24 Å². The van der Waals surface area contributed by atoms with E-state index >= 15 is 0 Å². The van der Waals surface area contributed by atoms with Gasteiger partial charge in [-0.05, 0) is 98.5 Å². The minimum atomic E-state index is -3.72. The average Bonchev–Trinajstić information content (AvgIpc) is 2.59. The second kappa shape index (κ2) is 7.94. The van der Waals surface area contributed by atoms with Gasteiger partial charge < -0.3 is 4.90 Å². The highest BCUT2D eigenvalue weighted by atomic mass is 32.2. The van der Waals surface area contributed by atoms with E-state index in [2.05, 4.69) is 4.72 Å². The Morgan fingerprint density at radius 3 is 1.74 bits per heavy atom. The minimum Gasteiger partial charge on any atom is -0.339 e. The van der Waals surface area contributed by atoms with Crippen LogP contribution in [0.15, 0.2) is 34.1 Å². The Balaban J connectivity index is 2.34. The summed E-state index contributed by atoms with van der Waals surface area (Å²) < 4.78 is 28.7. The zero-order chi connectivity index (χ0) is 20.5. The number of rotatable bonds is 4. The molecule has 0 heterocycles. The maximum Gasteiger partial charge on any atom is 0.285 e. The van der Waals surface area contributed by atoms with E-state index < -0.39 is 10.0 Å². The zero-order valence-electron chi connectivity index (χ0n) is 16.8. The van der Waals surface area contributed by atoms with Gasteiger partial charge in [0.2, 0.25) is 0 Å². The number of hydrogen-bond acceptors (Lipinski definition) is 4. The third kappa shape index (κ3) is 4.47. The molecule has 0 fully saturated rings. The molecule has 0 unspecified atom stereocenters. The van der Waals surface area contributed by atoms with Gasteiger partial charge in [0.05, 0.1) is 4.90 Å². The standard InChI is InChI=1S/C20H26N2O3S2/c1-12-13(2)15(4)19(16(5)14(12)3)27(24,25)21-17-8-10-18(11-9-17)26-20(23)22(6)7/h8-11,21H,1-7H3. The van der Waals surface area contributed by atoms with Crippen LogP contribution in [-0.2, 0) is 10.0 Å². The maximum absolute atomic E-state index is 13.0. The minimum absolute atomic E-state index is 0.0832. The number of benzene rings is 2. The second-order valence-corrected chi connectivity index (χ2v) is 9.49. The Morgan fingerprint density at radius 1 is 0.852 bits per heavy atom. The zero-order valence-corrected chi connectivity index (χ0v) is 18.4. The van der Waals surface area contributed by atoms with Crippen LogP contribution in [0.2, 0.25) is 0 Å². The van der Waals surface area contributed by atoms with Crippen molar-refractivity contribution in [3.8, 4) is 0 Å². The number of carbonyl (C=O) groups excluding carboxylic acids is 1. The van der Waals surface area contributed by atoms with Crippen molar-refractivity contribution in [1.82, 2.24) is 4.90 Å². The number of nitrogens with zero attached hydrogens (tertiary/aromatic N) is 1. The van der Waals surface area contributed by atoms with E-state index in [1.54, 1.807) is 38.4 Å². The topological polar surface area (TPSA) is 66.5 Å². The first kappa shape index (κ1) is 21.3. The molecule has 1 amide bonds. The lowest BCUT2D eigenvalue weighted by atomic mass is 9.95. The van der Waals surface area contributed by atoms with Crippen molar-refractivity contribution in [2.75, 3.05) is 18.8 Å². The third-order valence-corrected chi connectivity index (χ3v) is 7.58. The summed E-state index contributed by atoms with van der Waals surface area (Å²) in [6.07, 6.45) is 0. The first-order valence-electron chi connectivity index (χ1n) is 8.54. The monoisotopic (exact) mass is 406 g/mol. The van der Waals surface area contributed by atoms with E-state index in [1.165, 1.54) is 4.90 Å². The van der Waals surface area contributed by atoms with Crippen molar-refractivity contribution in [3.63, 3.8) is 0 Å². The molecule has 2 aromatic carbocycles. The number of hydrogen-bond donors (Lipinski definition) is 1. The van der Waals surface area contributed by atoms with Gasteiger partial charge in [-0.25, -0.2) is 8.42 Å². The van der Waals surface area contributed by atoms with Crippen molar-refractivity contribution in [3.05, 3.63) is 52.1 Å². The number of amides is 1. The fourth-order valence-corrected chi connectivity index (χ4v) is 5.18. The molecular weight excluding hydrogens is 380 g/mol. The maximum atomic E-state index is 13.0. The average molecular weight is 407 g/mol. The van der Waals surface area contributed by atoms with Gasteiger partial charge in [0.25, 0.3) is 15.3 Å². The number of thioether (sulfide) groups is 1. The molecule has 5 nitrogen and oxygen atoms in total. The van der Waals surface area contributed by atoms with Crippen LogP contribution < -0.4 is 4.72 Å². The van der Waals surface area contributed by atoms with E-state index in [0.29, 0.717) is 10.6 Å². The fourth-order valence-electron chi connectivity index (χ4n) is 2.86. The van der Waals surface area contributed by atoms with Gasteiger partial charge in [-0.2, -0.15) is 0 Å². The van der Waals surface area contributed by atoms with Crippen molar-refractivity contribution in [1.29, 1.82) is 0 Å². The van der Waals surface area contributed by atoms with Crippen LogP contribution in [0.1, 0.15) is 27.8 Å². The first-order chi connectivity index (χ1) is 12.5. The van der Waals surface area contributed by atoms with Gasteiger partial charge in [0.15, 0.2) is 0 Å². The molecule has 0 aliphatic carbocycles. The molecule has 0 bridgehead atoms. The Hall–Kier alpha value is -1.99. The SMILES string of the molecule is Cc1c(C)c(C)c(S(=O)(=O)Nc2ccc(SC(=O)N(C)C)cc2)c(C)c1C. The molecule has 2 rings (SSSR count). The molecule has 2 aromatic rings. The lowest BCUT2D eigenvalue weighted by Crippen LogP contribution is -2.17. The summed E-state index contributed by atoms with van der Waals surface area (Å²) in [7, 11) is -0.341. The summed E-state index contributed by atoms with van der Waals surface area (Å²) in [6, 6.07) is 6.80. The normalized spacial score (nSPS) is 11.4. The number of sulfonamides is 1. The van der Waals surface area contributed by atoms with Crippen molar-refractivity contribution in [2.24, 2.45) is 0 Å². The van der Waals surface area contributed by atoms with Gasteiger partial charge in [-0.15, -0.1) is 0 Å². The van der Waals surface area contributed by atoms with Crippen LogP contribution in [0.4, 0.5) is 10.5 Å². The van der Waals surface area contributed by atoms with Crippen LogP contribution in [0.5, 0.6) is 0 Å². The molecule has 0 spiro atoms. The van der Waals surface area contributed by atoms with Crippen molar-refractivity contribution >= 4 is 32.7 Å². The predicted octanol–water partition coefficient (Wildman–Crippen LogP) is 4.80. The lowest BCUT2D eigenvalue weighted by molar-refractivity contribution is 0.241.